The zero-order chi connectivity index (χ0) is 12.4. The van der Waals surface area contributed by atoms with Crippen LogP contribution in [0.15, 0.2) is 0 Å². The predicted octanol–water partition coefficient (Wildman–Crippen LogP) is -0.738. The van der Waals surface area contributed by atoms with E-state index in [2.05, 4.69) is 5.32 Å². The molecule has 0 aromatic carbocycles. The van der Waals surface area contributed by atoms with Gasteiger partial charge in [0.1, 0.15) is 0 Å². The number of nitrogens with one attached hydrogen (secondary N) is 2. The minimum atomic E-state index is 0.000538. The Hall–Kier alpha value is -1.59. The summed E-state index contributed by atoms with van der Waals surface area (Å²) < 4.78 is 0. The van der Waals surface area contributed by atoms with Gasteiger partial charge < -0.3 is 15.1 Å². The molecule has 0 aliphatic carbocycles. The molecule has 1 unspecified atom stereocenters. The van der Waals surface area contributed by atoms with Crippen molar-refractivity contribution < 1.29 is 9.59 Å². The fourth-order valence-electron chi connectivity index (χ4n) is 2.24. The van der Waals surface area contributed by atoms with Crippen LogP contribution in [0.2, 0.25) is 0 Å². The van der Waals surface area contributed by atoms with Gasteiger partial charge in [-0.1, -0.05) is 0 Å². The van der Waals surface area contributed by atoms with Gasteiger partial charge in [-0.2, -0.15) is 0 Å². The van der Waals surface area contributed by atoms with E-state index in [4.69, 9.17) is 5.41 Å². The third-order valence-corrected chi connectivity index (χ3v) is 3.44. The summed E-state index contributed by atoms with van der Waals surface area (Å²) in [6, 6.07) is 0.0998. The highest BCUT2D eigenvalue weighted by Gasteiger charge is 2.34. The fourth-order valence-corrected chi connectivity index (χ4v) is 2.24. The average Bonchev–Trinajstić information content (AvgIpc) is 2.62. The van der Waals surface area contributed by atoms with Crippen molar-refractivity contribution in [2.75, 3.05) is 26.2 Å². The van der Waals surface area contributed by atoms with Crippen molar-refractivity contribution >= 4 is 18.2 Å². The first-order valence-corrected chi connectivity index (χ1v) is 5.90. The third-order valence-electron chi connectivity index (χ3n) is 3.44. The highest BCUT2D eigenvalue weighted by atomic mass is 16.2. The van der Waals surface area contributed by atoms with Crippen LogP contribution in [0.3, 0.4) is 0 Å². The van der Waals surface area contributed by atoms with Crippen molar-refractivity contribution in [3.63, 3.8) is 0 Å². The highest BCUT2D eigenvalue weighted by molar-refractivity contribution is 5.84. The molecular weight excluding hydrogens is 220 g/mol. The number of likely N-dealkylation sites (tertiary alicyclic amines) is 2. The van der Waals surface area contributed by atoms with Gasteiger partial charge in [-0.05, 0) is 13.3 Å². The lowest BCUT2D eigenvalue weighted by Gasteiger charge is -2.39. The molecule has 2 aliphatic rings. The second kappa shape index (κ2) is 4.73. The Balaban J connectivity index is 1.72. The van der Waals surface area contributed by atoms with Gasteiger partial charge in [0, 0.05) is 32.2 Å². The lowest BCUT2D eigenvalue weighted by Crippen LogP contribution is -2.56. The van der Waals surface area contributed by atoms with Crippen molar-refractivity contribution in [1.29, 1.82) is 5.41 Å². The van der Waals surface area contributed by atoms with E-state index in [0.717, 1.165) is 19.4 Å². The molecule has 6 heteroatoms. The average molecular weight is 238 g/mol. The molecule has 2 rings (SSSR count). The Labute approximate surface area is 100 Å². The molecule has 6 nitrogen and oxygen atoms in total. The molecule has 2 aliphatic heterocycles. The van der Waals surface area contributed by atoms with Crippen LogP contribution >= 0.6 is 0 Å². The summed E-state index contributed by atoms with van der Waals surface area (Å²) in [7, 11) is 0. The number of hydrogen-bond acceptors (Lipinski definition) is 3. The number of hydrogen-bond donors (Lipinski definition) is 2. The van der Waals surface area contributed by atoms with Crippen molar-refractivity contribution in [3.05, 3.63) is 0 Å². The number of rotatable bonds is 3. The topological polar surface area (TPSA) is 76.5 Å². The van der Waals surface area contributed by atoms with Gasteiger partial charge in [0.05, 0.1) is 11.8 Å². The Morgan fingerprint density at radius 3 is 2.65 bits per heavy atom. The molecule has 17 heavy (non-hydrogen) atoms. The number of nitrogens with zero attached hydrogens (tertiary/aromatic N) is 2. The van der Waals surface area contributed by atoms with E-state index >= 15 is 0 Å². The maximum absolute atomic E-state index is 11.8. The second-order valence-corrected chi connectivity index (χ2v) is 4.78. The Kier molecular flexibility index (Phi) is 3.31. The molecule has 2 heterocycles. The minimum Gasteiger partial charge on any atom is -0.359 e. The largest absolute Gasteiger partial charge is 0.359 e. The molecule has 0 spiro atoms. The molecule has 2 N–H and O–H groups in total. The number of carbonyl (C=O) groups is 2. The summed E-state index contributed by atoms with van der Waals surface area (Å²) in [6.45, 7) is 4.36. The molecule has 2 saturated heterocycles. The molecule has 1 atom stereocenters. The van der Waals surface area contributed by atoms with E-state index in [0.29, 0.717) is 25.5 Å². The van der Waals surface area contributed by atoms with Gasteiger partial charge in [-0.15, -0.1) is 0 Å². The van der Waals surface area contributed by atoms with Crippen LogP contribution in [0.25, 0.3) is 0 Å². The summed E-state index contributed by atoms with van der Waals surface area (Å²) in [4.78, 5) is 25.9. The maximum atomic E-state index is 11.8. The van der Waals surface area contributed by atoms with Crippen molar-refractivity contribution in [2.45, 2.75) is 19.4 Å². The number of amidine groups is 1. The highest BCUT2D eigenvalue weighted by Crippen LogP contribution is 2.16. The number of amides is 2. The van der Waals surface area contributed by atoms with Gasteiger partial charge in [0.2, 0.25) is 12.3 Å². The Morgan fingerprint density at radius 1 is 1.41 bits per heavy atom. The molecule has 0 bridgehead atoms. The summed E-state index contributed by atoms with van der Waals surface area (Å²) in [5, 5.41) is 10.4. The number of carbonyl (C=O) groups excluding carboxylic acids is 2. The first kappa shape index (κ1) is 11.9. The van der Waals surface area contributed by atoms with Crippen molar-refractivity contribution in [1.82, 2.24) is 15.1 Å². The van der Waals surface area contributed by atoms with Crippen LogP contribution < -0.4 is 5.32 Å². The zero-order valence-electron chi connectivity index (χ0n) is 9.98. The smallest absolute Gasteiger partial charge is 0.226 e. The molecule has 0 saturated carbocycles. The first-order chi connectivity index (χ1) is 8.10. The Bertz CT molecular complexity index is 338. The first-order valence-electron chi connectivity index (χ1n) is 5.90. The lowest BCUT2D eigenvalue weighted by atomic mass is 9.98. The predicted molar refractivity (Wildman–Crippen MR) is 62.6 cm³/mol. The van der Waals surface area contributed by atoms with Crippen LogP contribution in [0.4, 0.5) is 0 Å². The zero-order valence-corrected chi connectivity index (χ0v) is 9.98. The van der Waals surface area contributed by atoms with Gasteiger partial charge in [-0.3, -0.25) is 15.0 Å². The molecule has 0 radical (unpaired) electrons. The quantitative estimate of drug-likeness (QED) is 0.386. The van der Waals surface area contributed by atoms with E-state index in [-0.39, 0.29) is 17.9 Å². The maximum Gasteiger partial charge on any atom is 0.226 e. The van der Waals surface area contributed by atoms with E-state index in [9.17, 15) is 9.59 Å². The second-order valence-electron chi connectivity index (χ2n) is 4.78. The van der Waals surface area contributed by atoms with E-state index in [1.807, 2.05) is 4.90 Å². The van der Waals surface area contributed by atoms with Crippen LogP contribution in [0, 0.1) is 11.3 Å². The normalized spacial score (nSPS) is 24.4. The SMILES string of the molecule is CC(=N)N1CC(C(=O)NC2CCN(C=O)C2)C1. The molecular formula is C11H18N4O2. The van der Waals surface area contributed by atoms with Crippen LogP contribution in [-0.2, 0) is 9.59 Å². The molecule has 0 aromatic rings. The summed E-state index contributed by atoms with van der Waals surface area (Å²) >= 11 is 0. The summed E-state index contributed by atoms with van der Waals surface area (Å²) in [5.74, 6) is 0.572. The third kappa shape index (κ3) is 2.57. The van der Waals surface area contributed by atoms with Gasteiger partial charge in [0.25, 0.3) is 0 Å². The lowest BCUT2D eigenvalue weighted by molar-refractivity contribution is -0.129. The van der Waals surface area contributed by atoms with E-state index < -0.39 is 0 Å². The molecule has 0 aromatic heterocycles. The van der Waals surface area contributed by atoms with Crippen molar-refractivity contribution in [2.24, 2.45) is 5.92 Å². The van der Waals surface area contributed by atoms with Gasteiger partial charge in [0.15, 0.2) is 0 Å². The van der Waals surface area contributed by atoms with Crippen LogP contribution in [0.1, 0.15) is 13.3 Å². The molecule has 94 valence electrons. The van der Waals surface area contributed by atoms with Gasteiger partial charge in [-0.25, -0.2) is 0 Å². The monoisotopic (exact) mass is 238 g/mol. The van der Waals surface area contributed by atoms with Crippen molar-refractivity contribution in [3.8, 4) is 0 Å². The standard InChI is InChI=1S/C11H18N4O2/c1-8(12)15-4-9(5-15)11(17)13-10-2-3-14(6-10)7-16/h7,9-10,12H,2-6H2,1H3,(H,13,17). The van der Waals surface area contributed by atoms with E-state index in [1.54, 1.807) is 11.8 Å². The molecule has 2 fully saturated rings. The summed E-state index contributed by atoms with van der Waals surface area (Å²) in [5.41, 5.74) is 0. The van der Waals surface area contributed by atoms with Gasteiger partial charge >= 0.3 is 0 Å². The van der Waals surface area contributed by atoms with E-state index in [1.165, 1.54) is 0 Å². The molecule has 2 amide bonds. The van der Waals surface area contributed by atoms with Crippen LogP contribution in [0.5, 0.6) is 0 Å². The minimum absolute atomic E-state index is 0.000538. The Morgan fingerprint density at radius 2 is 2.12 bits per heavy atom. The fraction of sp³-hybridized carbons (Fsp3) is 0.727. The van der Waals surface area contributed by atoms with Crippen LogP contribution in [-0.4, -0.2) is 60.2 Å². The summed E-state index contributed by atoms with van der Waals surface area (Å²) in [6.07, 6.45) is 1.67.